The number of anilines is 2. The highest BCUT2D eigenvalue weighted by Gasteiger charge is 2.23. The molecule has 26 heavy (non-hydrogen) atoms. The molecule has 1 N–H and O–H groups in total. The number of rotatable bonds is 5. The van der Waals surface area contributed by atoms with Crippen molar-refractivity contribution < 1.29 is 9.53 Å². The van der Waals surface area contributed by atoms with E-state index in [2.05, 4.69) is 29.3 Å². The van der Waals surface area contributed by atoms with E-state index in [0.29, 0.717) is 6.42 Å². The molecule has 0 aromatic heterocycles. The zero-order valence-electron chi connectivity index (χ0n) is 16.1. The Bertz CT molecular complexity index is 799. The minimum absolute atomic E-state index is 0.0793. The molecular weight excluding hydrogens is 324 g/mol. The first-order valence-electron chi connectivity index (χ1n) is 9.22. The van der Waals surface area contributed by atoms with E-state index in [-0.39, 0.29) is 11.8 Å². The number of ether oxygens (including phenoxy) is 1. The van der Waals surface area contributed by atoms with E-state index in [0.717, 1.165) is 42.0 Å². The number of nitrogens with zero attached hydrogens (tertiary/aromatic N) is 1. The molecule has 1 aliphatic carbocycles. The lowest BCUT2D eigenvalue weighted by Gasteiger charge is -2.25. The van der Waals surface area contributed by atoms with Crippen LogP contribution >= 0.6 is 0 Å². The SMILES string of the molecule is COc1ccc2c(c1)CCCC2CC(=O)Nc1ccc(N(C)C)c(C)c1. The molecule has 4 nitrogen and oxygen atoms in total. The van der Waals surface area contributed by atoms with Crippen molar-refractivity contribution in [2.75, 3.05) is 31.4 Å². The van der Waals surface area contributed by atoms with Gasteiger partial charge in [0.05, 0.1) is 7.11 Å². The van der Waals surface area contributed by atoms with Crippen LogP contribution in [0.5, 0.6) is 5.75 Å². The van der Waals surface area contributed by atoms with Crippen molar-refractivity contribution in [1.29, 1.82) is 0 Å². The zero-order chi connectivity index (χ0) is 18.7. The van der Waals surface area contributed by atoms with Crippen molar-refractivity contribution in [1.82, 2.24) is 0 Å². The summed E-state index contributed by atoms with van der Waals surface area (Å²) in [6.07, 6.45) is 3.77. The first kappa shape index (κ1) is 18.3. The fraction of sp³-hybridized carbons (Fsp3) is 0.409. The third-order valence-corrected chi connectivity index (χ3v) is 5.18. The van der Waals surface area contributed by atoms with Crippen LogP contribution in [0.15, 0.2) is 36.4 Å². The maximum absolute atomic E-state index is 12.6. The summed E-state index contributed by atoms with van der Waals surface area (Å²) in [5.74, 6) is 1.26. The van der Waals surface area contributed by atoms with Gasteiger partial charge >= 0.3 is 0 Å². The van der Waals surface area contributed by atoms with Crippen LogP contribution in [-0.2, 0) is 11.2 Å². The summed E-state index contributed by atoms with van der Waals surface area (Å²) in [5, 5.41) is 3.07. The summed E-state index contributed by atoms with van der Waals surface area (Å²) in [7, 11) is 5.74. The fourth-order valence-corrected chi connectivity index (χ4v) is 3.90. The number of amides is 1. The summed E-state index contributed by atoms with van der Waals surface area (Å²) in [6.45, 7) is 2.07. The predicted octanol–water partition coefficient (Wildman–Crippen LogP) is 4.52. The van der Waals surface area contributed by atoms with Gasteiger partial charge in [0.15, 0.2) is 0 Å². The summed E-state index contributed by atoms with van der Waals surface area (Å²) in [5.41, 5.74) is 5.80. The monoisotopic (exact) mass is 352 g/mol. The van der Waals surface area contributed by atoms with E-state index in [1.165, 1.54) is 11.1 Å². The number of carbonyl (C=O) groups is 1. The first-order chi connectivity index (χ1) is 12.5. The highest BCUT2D eigenvalue weighted by molar-refractivity contribution is 5.91. The first-order valence-corrected chi connectivity index (χ1v) is 9.22. The lowest BCUT2D eigenvalue weighted by molar-refractivity contribution is -0.116. The zero-order valence-corrected chi connectivity index (χ0v) is 16.1. The Morgan fingerprint density at radius 3 is 2.73 bits per heavy atom. The number of benzene rings is 2. The van der Waals surface area contributed by atoms with Crippen LogP contribution in [0.1, 0.15) is 41.9 Å². The number of carbonyl (C=O) groups excluding carboxylic acids is 1. The second kappa shape index (κ2) is 7.81. The Kier molecular flexibility index (Phi) is 5.50. The largest absolute Gasteiger partial charge is 0.497 e. The van der Waals surface area contributed by atoms with Crippen LogP contribution < -0.4 is 15.0 Å². The molecule has 0 saturated carbocycles. The molecule has 3 rings (SSSR count). The molecule has 1 aliphatic rings. The highest BCUT2D eigenvalue weighted by Crippen LogP contribution is 2.36. The maximum Gasteiger partial charge on any atom is 0.224 e. The van der Waals surface area contributed by atoms with Gasteiger partial charge in [0.2, 0.25) is 5.91 Å². The van der Waals surface area contributed by atoms with Gasteiger partial charge in [0.1, 0.15) is 5.75 Å². The molecule has 0 heterocycles. The van der Waals surface area contributed by atoms with Crippen molar-refractivity contribution in [2.45, 2.75) is 38.5 Å². The molecule has 138 valence electrons. The molecule has 0 radical (unpaired) electrons. The van der Waals surface area contributed by atoms with Gasteiger partial charge in [-0.1, -0.05) is 6.07 Å². The van der Waals surface area contributed by atoms with Gasteiger partial charge in [-0.3, -0.25) is 4.79 Å². The molecule has 0 spiro atoms. The highest BCUT2D eigenvalue weighted by atomic mass is 16.5. The fourth-order valence-electron chi connectivity index (χ4n) is 3.90. The lowest BCUT2D eigenvalue weighted by Crippen LogP contribution is -2.19. The lowest BCUT2D eigenvalue weighted by atomic mass is 9.81. The quantitative estimate of drug-likeness (QED) is 0.860. The smallest absolute Gasteiger partial charge is 0.224 e. The van der Waals surface area contributed by atoms with Gasteiger partial charge in [-0.05, 0) is 79.1 Å². The number of methoxy groups -OCH3 is 1. The second-order valence-electron chi connectivity index (χ2n) is 7.30. The van der Waals surface area contributed by atoms with Crippen LogP contribution in [0.4, 0.5) is 11.4 Å². The molecule has 1 amide bonds. The molecule has 2 aromatic carbocycles. The molecule has 2 aromatic rings. The van der Waals surface area contributed by atoms with Crippen LogP contribution in [0.2, 0.25) is 0 Å². The topological polar surface area (TPSA) is 41.6 Å². The number of aryl methyl sites for hydroxylation is 2. The molecule has 1 atom stereocenters. The van der Waals surface area contributed by atoms with Crippen LogP contribution in [0.25, 0.3) is 0 Å². The average molecular weight is 352 g/mol. The third-order valence-electron chi connectivity index (χ3n) is 5.18. The number of hydrogen-bond acceptors (Lipinski definition) is 3. The van der Waals surface area contributed by atoms with E-state index in [1.807, 2.05) is 38.4 Å². The number of hydrogen-bond donors (Lipinski definition) is 1. The van der Waals surface area contributed by atoms with E-state index < -0.39 is 0 Å². The summed E-state index contributed by atoms with van der Waals surface area (Å²) >= 11 is 0. The van der Waals surface area contributed by atoms with Gasteiger partial charge in [-0.2, -0.15) is 0 Å². The maximum atomic E-state index is 12.6. The molecule has 1 unspecified atom stereocenters. The van der Waals surface area contributed by atoms with E-state index in [1.54, 1.807) is 7.11 Å². The Hall–Kier alpha value is -2.49. The van der Waals surface area contributed by atoms with Crippen molar-refractivity contribution in [3.05, 3.63) is 53.1 Å². The molecule has 0 saturated heterocycles. The Morgan fingerprint density at radius 2 is 2.04 bits per heavy atom. The average Bonchev–Trinajstić information content (AvgIpc) is 2.61. The van der Waals surface area contributed by atoms with Gasteiger partial charge in [-0.25, -0.2) is 0 Å². The standard InChI is InChI=1S/C22H28N2O2/c1-15-12-18(8-11-21(15)24(2)3)23-22(25)14-17-7-5-6-16-13-19(26-4)9-10-20(16)17/h8-13,17H,5-7,14H2,1-4H3,(H,23,25). The Balaban J connectivity index is 1.69. The van der Waals surface area contributed by atoms with Gasteiger partial charge in [-0.15, -0.1) is 0 Å². The van der Waals surface area contributed by atoms with E-state index in [4.69, 9.17) is 4.74 Å². The Labute approximate surface area is 156 Å². The minimum atomic E-state index is 0.0793. The van der Waals surface area contributed by atoms with Gasteiger partial charge in [0, 0.05) is 31.9 Å². The van der Waals surface area contributed by atoms with Crippen molar-refractivity contribution in [3.8, 4) is 5.75 Å². The summed E-state index contributed by atoms with van der Waals surface area (Å²) in [6, 6.07) is 12.3. The van der Waals surface area contributed by atoms with Crippen molar-refractivity contribution in [2.24, 2.45) is 0 Å². The van der Waals surface area contributed by atoms with Crippen LogP contribution in [0, 0.1) is 6.92 Å². The van der Waals surface area contributed by atoms with E-state index in [9.17, 15) is 4.79 Å². The van der Waals surface area contributed by atoms with Crippen LogP contribution in [-0.4, -0.2) is 27.1 Å². The molecule has 0 aliphatic heterocycles. The summed E-state index contributed by atoms with van der Waals surface area (Å²) < 4.78 is 5.33. The van der Waals surface area contributed by atoms with E-state index >= 15 is 0 Å². The molecular formula is C22H28N2O2. The van der Waals surface area contributed by atoms with Crippen LogP contribution in [0.3, 0.4) is 0 Å². The number of fused-ring (bicyclic) bond motifs is 1. The summed E-state index contributed by atoms with van der Waals surface area (Å²) in [4.78, 5) is 14.7. The van der Waals surface area contributed by atoms with Gasteiger partial charge in [0.25, 0.3) is 0 Å². The molecule has 4 heteroatoms. The molecule has 0 bridgehead atoms. The molecule has 0 fully saturated rings. The minimum Gasteiger partial charge on any atom is -0.497 e. The normalized spacial score (nSPS) is 15.9. The van der Waals surface area contributed by atoms with Crippen molar-refractivity contribution in [3.63, 3.8) is 0 Å². The second-order valence-corrected chi connectivity index (χ2v) is 7.30. The third kappa shape index (κ3) is 4.01. The van der Waals surface area contributed by atoms with Crippen molar-refractivity contribution >= 4 is 17.3 Å². The predicted molar refractivity (Wildman–Crippen MR) is 107 cm³/mol. The number of nitrogens with one attached hydrogen (secondary N) is 1. The van der Waals surface area contributed by atoms with Gasteiger partial charge < -0.3 is 15.0 Å². The Morgan fingerprint density at radius 1 is 1.23 bits per heavy atom.